The normalized spacial score (nSPS) is 20.7. The molecule has 0 N–H and O–H groups in total. The third-order valence-corrected chi connectivity index (χ3v) is 5.64. The molecule has 124 valence electrons. The number of carbonyl (C=O) groups excluding carboxylic acids is 1. The Kier molecular flexibility index (Phi) is 4.11. The molecule has 2 aliphatic rings. The van der Waals surface area contributed by atoms with Gasteiger partial charge < -0.3 is 4.90 Å². The molecule has 2 fully saturated rings. The molecular weight excluding hydrogens is 296 g/mol. The van der Waals surface area contributed by atoms with Crippen LogP contribution in [-0.2, 0) is 11.3 Å². The molecule has 1 spiro atoms. The number of likely N-dealkylation sites (tertiary alicyclic amines) is 1. The Morgan fingerprint density at radius 3 is 2.04 bits per heavy atom. The summed E-state index contributed by atoms with van der Waals surface area (Å²) in [5.41, 5.74) is 2.28. The quantitative estimate of drug-likeness (QED) is 0.861. The number of rotatable bonds is 3. The van der Waals surface area contributed by atoms with Crippen LogP contribution in [0.25, 0.3) is 0 Å². The largest absolute Gasteiger partial charge is 0.312 e. The SMILES string of the molecule is O=C1N(c2ccccc2)CCC12CCN(Cc1ccccc1)CC2. The van der Waals surface area contributed by atoms with Gasteiger partial charge in [-0.15, -0.1) is 0 Å². The molecule has 0 atom stereocenters. The van der Waals surface area contributed by atoms with E-state index in [1.54, 1.807) is 0 Å². The van der Waals surface area contributed by atoms with Crippen LogP contribution >= 0.6 is 0 Å². The molecule has 2 aromatic carbocycles. The van der Waals surface area contributed by atoms with Crippen molar-refractivity contribution in [2.24, 2.45) is 5.41 Å². The van der Waals surface area contributed by atoms with Gasteiger partial charge in [0.1, 0.15) is 0 Å². The molecule has 0 aliphatic carbocycles. The smallest absolute Gasteiger partial charge is 0.233 e. The summed E-state index contributed by atoms with van der Waals surface area (Å²) in [7, 11) is 0. The lowest BCUT2D eigenvalue weighted by Crippen LogP contribution is -2.44. The van der Waals surface area contributed by atoms with E-state index in [1.165, 1.54) is 5.56 Å². The molecule has 24 heavy (non-hydrogen) atoms. The maximum atomic E-state index is 13.1. The Labute approximate surface area is 143 Å². The number of anilines is 1. The molecule has 0 unspecified atom stereocenters. The maximum Gasteiger partial charge on any atom is 0.233 e. The van der Waals surface area contributed by atoms with E-state index in [9.17, 15) is 4.79 Å². The van der Waals surface area contributed by atoms with E-state index in [0.717, 1.165) is 51.1 Å². The van der Waals surface area contributed by atoms with Crippen molar-refractivity contribution in [2.45, 2.75) is 25.8 Å². The third kappa shape index (κ3) is 2.84. The van der Waals surface area contributed by atoms with Crippen molar-refractivity contribution in [1.29, 1.82) is 0 Å². The summed E-state index contributed by atoms with van der Waals surface area (Å²) >= 11 is 0. The van der Waals surface area contributed by atoms with Gasteiger partial charge in [0.15, 0.2) is 0 Å². The van der Waals surface area contributed by atoms with E-state index in [2.05, 4.69) is 35.2 Å². The van der Waals surface area contributed by atoms with E-state index >= 15 is 0 Å². The van der Waals surface area contributed by atoms with Crippen molar-refractivity contribution < 1.29 is 4.79 Å². The summed E-state index contributed by atoms with van der Waals surface area (Å²) in [6, 6.07) is 20.7. The van der Waals surface area contributed by atoms with Crippen molar-refractivity contribution in [3.8, 4) is 0 Å². The monoisotopic (exact) mass is 320 g/mol. The van der Waals surface area contributed by atoms with Crippen molar-refractivity contribution in [1.82, 2.24) is 4.90 Å². The number of para-hydroxylation sites is 1. The number of benzene rings is 2. The number of hydrogen-bond acceptors (Lipinski definition) is 2. The van der Waals surface area contributed by atoms with E-state index in [-0.39, 0.29) is 5.41 Å². The van der Waals surface area contributed by atoms with Gasteiger partial charge in [-0.25, -0.2) is 0 Å². The molecule has 4 rings (SSSR count). The van der Waals surface area contributed by atoms with E-state index in [1.807, 2.05) is 35.2 Å². The van der Waals surface area contributed by atoms with Gasteiger partial charge in [-0.1, -0.05) is 48.5 Å². The Morgan fingerprint density at radius 1 is 0.792 bits per heavy atom. The molecule has 2 aromatic rings. The van der Waals surface area contributed by atoms with Gasteiger partial charge in [-0.05, 0) is 50.0 Å². The van der Waals surface area contributed by atoms with Crippen LogP contribution in [0.5, 0.6) is 0 Å². The first-order chi connectivity index (χ1) is 11.8. The van der Waals surface area contributed by atoms with Crippen molar-refractivity contribution in [3.05, 3.63) is 66.2 Å². The van der Waals surface area contributed by atoms with Crippen molar-refractivity contribution in [3.63, 3.8) is 0 Å². The fourth-order valence-corrected chi connectivity index (χ4v) is 4.12. The number of piperidine rings is 1. The minimum atomic E-state index is -0.122. The minimum absolute atomic E-state index is 0.122. The highest BCUT2D eigenvalue weighted by atomic mass is 16.2. The zero-order chi connectivity index (χ0) is 16.4. The van der Waals surface area contributed by atoms with Gasteiger partial charge in [-0.2, -0.15) is 0 Å². The van der Waals surface area contributed by atoms with Crippen LogP contribution in [0.15, 0.2) is 60.7 Å². The third-order valence-electron chi connectivity index (χ3n) is 5.64. The van der Waals surface area contributed by atoms with Crippen molar-refractivity contribution in [2.75, 3.05) is 24.5 Å². The predicted octanol–water partition coefficient (Wildman–Crippen LogP) is 3.71. The fourth-order valence-electron chi connectivity index (χ4n) is 4.12. The molecular formula is C21H24N2O. The molecule has 2 heterocycles. The Morgan fingerprint density at radius 2 is 1.38 bits per heavy atom. The summed E-state index contributed by atoms with van der Waals surface area (Å²) in [6.07, 6.45) is 2.98. The van der Waals surface area contributed by atoms with Crippen LogP contribution in [0, 0.1) is 5.41 Å². The zero-order valence-corrected chi connectivity index (χ0v) is 14.0. The Balaban J connectivity index is 1.41. The molecule has 0 saturated carbocycles. The van der Waals surface area contributed by atoms with Crippen molar-refractivity contribution >= 4 is 11.6 Å². The Hall–Kier alpha value is -2.13. The molecule has 1 amide bonds. The number of hydrogen-bond donors (Lipinski definition) is 0. The first kappa shape index (κ1) is 15.4. The lowest BCUT2D eigenvalue weighted by molar-refractivity contribution is -0.128. The van der Waals surface area contributed by atoms with Gasteiger partial charge in [0, 0.05) is 18.8 Å². The molecule has 0 bridgehead atoms. The van der Waals surface area contributed by atoms with E-state index < -0.39 is 0 Å². The summed E-state index contributed by atoms with van der Waals surface area (Å²) in [5, 5.41) is 0. The van der Waals surface area contributed by atoms with Gasteiger partial charge in [0.2, 0.25) is 5.91 Å². The van der Waals surface area contributed by atoms with Crippen LogP contribution in [0.3, 0.4) is 0 Å². The zero-order valence-electron chi connectivity index (χ0n) is 14.0. The van der Waals surface area contributed by atoms with Gasteiger partial charge >= 0.3 is 0 Å². The summed E-state index contributed by atoms with van der Waals surface area (Å²) in [4.78, 5) is 17.5. The first-order valence-corrected chi connectivity index (χ1v) is 8.90. The molecule has 2 aliphatic heterocycles. The van der Waals surface area contributed by atoms with Crippen LogP contribution in [0.2, 0.25) is 0 Å². The van der Waals surface area contributed by atoms with Crippen LogP contribution in [0.4, 0.5) is 5.69 Å². The number of carbonyl (C=O) groups is 1. The minimum Gasteiger partial charge on any atom is -0.312 e. The molecule has 2 saturated heterocycles. The Bertz CT molecular complexity index is 690. The van der Waals surface area contributed by atoms with Crippen LogP contribution < -0.4 is 4.90 Å². The van der Waals surface area contributed by atoms with Gasteiger partial charge in [0.25, 0.3) is 0 Å². The molecule has 3 nitrogen and oxygen atoms in total. The predicted molar refractivity (Wildman–Crippen MR) is 96.8 cm³/mol. The van der Waals surface area contributed by atoms with E-state index in [4.69, 9.17) is 0 Å². The van der Waals surface area contributed by atoms with Gasteiger partial charge in [0.05, 0.1) is 5.41 Å². The van der Waals surface area contributed by atoms with Crippen LogP contribution in [-0.4, -0.2) is 30.4 Å². The van der Waals surface area contributed by atoms with Crippen LogP contribution in [0.1, 0.15) is 24.8 Å². The topological polar surface area (TPSA) is 23.6 Å². The first-order valence-electron chi connectivity index (χ1n) is 8.90. The second kappa shape index (κ2) is 6.40. The molecule has 3 heteroatoms. The highest BCUT2D eigenvalue weighted by Crippen LogP contribution is 2.43. The molecule has 0 aromatic heterocycles. The fraction of sp³-hybridized carbons (Fsp3) is 0.381. The summed E-state index contributed by atoms with van der Waals surface area (Å²) in [5.74, 6) is 0.341. The molecule has 0 radical (unpaired) electrons. The average molecular weight is 320 g/mol. The number of nitrogens with zero attached hydrogens (tertiary/aromatic N) is 2. The summed E-state index contributed by atoms with van der Waals surface area (Å²) < 4.78 is 0. The second-order valence-corrected chi connectivity index (χ2v) is 7.08. The maximum absolute atomic E-state index is 13.1. The highest BCUT2D eigenvalue weighted by Gasteiger charge is 2.48. The lowest BCUT2D eigenvalue weighted by Gasteiger charge is -2.38. The highest BCUT2D eigenvalue weighted by molar-refractivity contribution is 5.99. The van der Waals surface area contributed by atoms with E-state index in [0.29, 0.717) is 5.91 Å². The lowest BCUT2D eigenvalue weighted by atomic mass is 9.77. The standard InChI is InChI=1S/C21H24N2O/c24-20-21(13-16-23(20)19-9-5-2-6-10-19)11-14-22(15-12-21)17-18-7-3-1-4-8-18/h1-10H,11-17H2. The second-order valence-electron chi connectivity index (χ2n) is 7.08. The summed E-state index contributed by atoms with van der Waals surface area (Å²) in [6.45, 7) is 3.89. The average Bonchev–Trinajstić information content (AvgIpc) is 2.95. The number of amides is 1. The van der Waals surface area contributed by atoms with Gasteiger partial charge in [-0.3, -0.25) is 9.69 Å².